The minimum absolute atomic E-state index is 0.109. The number of anilines is 1. The van der Waals surface area contributed by atoms with Crippen molar-refractivity contribution in [2.45, 2.75) is 13.0 Å². The van der Waals surface area contributed by atoms with E-state index in [9.17, 15) is 4.39 Å². The van der Waals surface area contributed by atoms with E-state index in [2.05, 4.69) is 15.3 Å². The van der Waals surface area contributed by atoms with E-state index in [4.69, 9.17) is 4.74 Å². The molecule has 0 aromatic carbocycles. The van der Waals surface area contributed by atoms with E-state index in [1.807, 2.05) is 11.9 Å². The number of halogens is 1. The lowest BCUT2D eigenvalue weighted by Gasteiger charge is -2.36. The van der Waals surface area contributed by atoms with Crippen LogP contribution in [0.15, 0.2) is 6.33 Å². The molecule has 0 saturated carbocycles. The standard InChI is InChI=1S/C11H17FN4O/c1-8-10(12)11(15-7-14-8)16-3-4-17-6-9(16)5-13-2/h7,9,13H,3-6H2,1-2H3. The second kappa shape index (κ2) is 5.37. The molecule has 2 rings (SSSR count). The van der Waals surface area contributed by atoms with Crippen molar-refractivity contribution in [3.8, 4) is 0 Å². The van der Waals surface area contributed by atoms with Crippen LogP contribution in [0.1, 0.15) is 5.69 Å². The summed E-state index contributed by atoms with van der Waals surface area (Å²) in [5, 5.41) is 3.08. The average Bonchev–Trinajstić information content (AvgIpc) is 2.34. The number of aromatic nitrogens is 2. The molecule has 0 bridgehead atoms. The molecule has 0 spiro atoms. The number of likely N-dealkylation sites (N-methyl/N-ethyl adjacent to an activating group) is 1. The van der Waals surface area contributed by atoms with Crippen LogP contribution in [-0.4, -0.2) is 49.4 Å². The summed E-state index contributed by atoms with van der Waals surface area (Å²) < 4.78 is 19.4. The van der Waals surface area contributed by atoms with E-state index < -0.39 is 0 Å². The van der Waals surface area contributed by atoms with Crippen molar-refractivity contribution in [1.29, 1.82) is 0 Å². The fraction of sp³-hybridized carbons (Fsp3) is 0.636. The molecule has 0 radical (unpaired) electrons. The molecule has 17 heavy (non-hydrogen) atoms. The van der Waals surface area contributed by atoms with Gasteiger partial charge >= 0.3 is 0 Å². The van der Waals surface area contributed by atoms with Gasteiger partial charge in [-0.3, -0.25) is 0 Å². The summed E-state index contributed by atoms with van der Waals surface area (Å²) in [6.07, 6.45) is 1.40. The fourth-order valence-electron chi connectivity index (χ4n) is 1.98. The van der Waals surface area contributed by atoms with Gasteiger partial charge in [0, 0.05) is 13.1 Å². The van der Waals surface area contributed by atoms with E-state index in [1.54, 1.807) is 6.92 Å². The molecule has 1 aliphatic heterocycles. The number of hydrogen-bond acceptors (Lipinski definition) is 5. The van der Waals surface area contributed by atoms with Gasteiger partial charge in [0.15, 0.2) is 11.6 Å². The van der Waals surface area contributed by atoms with Crippen LogP contribution in [0.2, 0.25) is 0 Å². The summed E-state index contributed by atoms with van der Waals surface area (Å²) in [6.45, 7) is 4.22. The predicted octanol–water partition coefficient (Wildman–Crippen LogP) is 0.349. The number of hydrogen-bond donors (Lipinski definition) is 1. The topological polar surface area (TPSA) is 50.3 Å². The molecule has 94 valence electrons. The minimum atomic E-state index is -0.337. The number of ether oxygens (including phenoxy) is 1. The molecule has 1 aromatic rings. The summed E-state index contributed by atoms with van der Waals surface area (Å²) >= 11 is 0. The molecule has 1 aliphatic rings. The van der Waals surface area contributed by atoms with Crippen molar-refractivity contribution in [2.75, 3.05) is 38.3 Å². The molecule has 0 aliphatic carbocycles. The highest BCUT2D eigenvalue weighted by Crippen LogP contribution is 2.21. The summed E-state index contributed by atoms with van der Waals surface area (Å²) in [7, 11) is 1.87. The van der Waals surface area contributed by atoms with Gasteiger partial charge < -0.3 is 15.0 Å². The number of nitrogens with zero attached hydrogens (tertiary/aromatic N) is 3. The summed E-state index contributed by atoms with van der Waals surface area (Å²) in [4.78, 5) is 9.85. The maximum absolute atomic E-state index is 14.0. The highest BCUT2D eigenvalue weighted by molar-refractivity contribution is 5.42. The van der Waals surface area contributed by atoms with Gasteiger partial charge in [-0.2, -0.15) is 0 Å². The molecular weight excluding hydrogens is 223 g/mol. The van der Waals surface area contributed by atoms with Crippen LogP contribution in [0.4, 0.5) is 10.2 Å². The van der Waals surface area contributed by atoms with E-state index in [1.165, 1.54) is 6.33 Å². The van der Waals surface area contributed by atoms with E-state index in [0.717, 1.165) is 6.54 Å². The smallest absolute Gasteiger partial charge is 0.186 e. The Bertz CT molecular complexity index is 386. The third-order valence-electron chi connectivity index (χ3n) is 2.88. The monoisotopic (exact) mass is 240 g/mol. The Kier molecular flexibility index (Phi) is 3.86. The Morgan fingerprint density at radius 2 is 2.41 bits per heavy atom. The molecule has 1 fully saturated rings. The zero-order valence-electron chi connectivity index (χ0n) is 10.1. The molecule has 1 N–H and O–H groups in total. The largest absolute Gasteiger partial charge is 0.377 e. The van der Waals surface area contributed by atoms with Crippen LogP contribution >= 0.6 is 0 Å². The second-order valence-corrected chi connectivity index (χ2v) is 4.08. The molecule has 6 heteroatoms. The third kappa shape index (κ3) is 2.53. The van der Waals surface area contributed by atoms with Gasteiger partial charge in [-0.15, -0.1) is 0 Å². The number of nitrogens with one attached hydrogen (secondary N) is 1. The van der Waals surface area contributed by atoms with Gasteiger partial charge in [0.2, 0.25) is 0 Å². The zero-order chi connectivity index (χ0) is 12.3. The summed E-state index contributed by atoms with van der Waals surface area (Å²) in [5.74, 6) is 0.0385. The van der Waals surface area contributed by atoms with Crippen molar-refractivity contribution in [3.63, 3.8) is 0 Å². The van der Waals surface area contributed by atoms with E-state index >= 15 is 0 Å². The Morgan fingerprint density at radius 1 is 1.59 bits per heavy atom. The normalized spacial score (nSPS) is 20.6. The molecule has 5 nitrogen and oxygen atoms in total. The molecule has 2 heterocycles. The Morgan fingerprint density at radius 3 is 3.18 bits per heavy atom. The van der Waals surface area contributed by atoms with Crippen LogP contribution in [0, 0.1) is 12.7 Å². The maximum atomic E-state index is 14.0. The van der Waals surface area contributed by atoms with Crippen molar-refractivity contribution >= 4 is 5.82 Å². The van der Waals surface area contributed by atoms with Gasteiger partial charge in [-0.1, -0.05) is 0 Å². The lowest BCUT2D eigenvalue weighted by atomic mass is 10.2. The maximum Gasteiger partial charge on any atom is 0.186 e. The van der Waals surface area contributed by atoms with Gasteiger partial charge in [0.1, 0.15) is 6.33 Å². The molecule has 0 amide bonds. The van der Waals surface area contributed by atoms with Crippen molar-refractivity contribution in [3.05, 3.63) is 17.8 Å². The van der Waals surface area contributed by atoms with Crippen molar-refractivity contribution in [2.24, 2.45) is 0 Å². The van der Waals surface area contributed by atoms with Gasteiger partial charge in [-0.05, 0) is 14.0 Å². The van der Waals surface area contributed by atoms with Gasteiger partial charge in [0.25, 0.3) is 0 Å². The number of aryl methyl sites for hydroxylation is 1. The van der Waals surface area contributed by atoms with Crippen molar-refractivity contribution < 1.29 is 9.13 Å². The van der Waals surface area contributed by atoms with Crippen LogP contribution < -0.4 is 10.2 Å². The SMILES string of the molecule is CNCC1COCCN1c1ncnc(C)c1F. The summed E-state index contributed by atoms with van der Waals surface area (Å²) in [6, 6.07) is 0.109. The molecule has 1 unspecified atom stereocenters. The van der Waals surface area contributed by atoms with Crippen LogP contribution in [-0.2, 0) is 4.74 Å². The lowest BCUT2D eigenvalue weighted by Crippen LogP contribution is -2.50. The number of rotatable bonds is 3. The van der Waals surface area contributed by atoms with Gasteiger partial charge in [-0.25, -0.2) is 14.4 Å². The third-order valence-corrected chi connectivity index (χ3v) is 2.88. The molecule has 1 atom stereocenters. The highest BCUT2D eigenvalue weighted by Gasteiger charge is 2.26. The first kappa shape index (κ1) is 12.2. The summed E-state index contributed by atoms with van der Waals surface area (Å²) in [5.41, 5.74) is 0.379. The molecule has 1 saturated heterocycles. The first-order valence-corrected chi connectivity index (χ1v) is 5.70. The quantitative estimate of drug-likeness (QED) is 0.826. The Labute approximate surface area is 100 Å². The zero-order valence-corrected chi connectivity index (χ0v) is 10.1. The fourth-order valence-corrected chi connectivity index (χ4v) is 1.98. The highest BCUT2D eigenvalue weighted by atomic mass is 19.1. The van der Waals surface area contributed by atoms with E-state index in [-0.39, 0.29) is 11.9 Å². The predicted molar refractivity (Wildman–Crippen MR) is 62.6 cm³/mol. The average molecular weight is 240 g/mol. The molecular formula is C11H17FN4O. The number of morpholine rings is 1. The van der Waals surface area contributed by atoms with Gasteiger partial charge in [0.05, 0.1) is 24.9 Å². The Hall–Kier alpha value is -1.27. The first-order chi connectivity index (χ1) is 8.24. The van der Waals surface area contributed by atoms with E-state index in [0.29, 0.717) is 31.3 Å². The van der Waals surface area contributed by atoms with Crippen molar-refractivity contribution in [1.82, 2.24) is 15.3 Å². The minimum Gasteiger partial charge on any atom is -0.377 e. The Balaban J connectivity index is 2.26. The van der Waals surface area contributed by atoms with Crippen LogP contribution in [0.5, 0.6) is 0 Å². The first-order valence-electron chi connectivity index (χ1n) is 5.70. The lowest BCUT2D eigenvalue weighted by molar-refractivity contribution is 0.0934. The molecule has 1 aromatic heterocycles. The second-order valence-electron chi connectivity index (χ2n) is 4.08. The van der Waals surface area contributed by atoms with Crippen LogP contribution in [0.3, 0.4) is 0 Å². The van der Waals surface area contributed by atoms with Crippen LogP contribution in [0.25, 0.3) is 0 Å².